The van der Waals surface area contributed by atoms with Gasteiger partial charge in [-0.1, -0.05) is 6.07 Å². The second-order valence-corrected chi connectivity index (χ2v) is 4.30. The highest BCUT2D eigenvalue weighted by Crippen LogP contribution is 2.48. The Hall–Kier alpha value is -1.84. The number of hydrogen-bond acceptors (Lipinski definition) is 3. The molecule has 2 aromatic rings. The molecule has 4 heteroatoms. The van der Waals surface area contributed by atoms with Gasteiger partial charge in [0.15, 0.2) is 11.5 Å². The molecular formula is C12H11NO3. The van der Waals surface area contributed by atoms with Crippen LogP contribution in [0.2, 0.25) is 0 Å². The molecule has 1 aliphatic rings. The molecule has 1 N–H and O–H groups in total. The smallest absolute Gasteiger partial charge is 0.314 e. The minimum atomic E-state index is -0.747. The van der Waals surface area contributed by atoms with E-state index in [1.54, 1.807) is 13.0 Å². The summed E-state index contributed by atoms with van der Waals surface area (Å²) in [6.07, 6.45) is 1.42. The van der Waals surface area contributed by atoms with Gasteiger partial charge in [-0.05, 0) is 30.5 Å². The van der Waals surface area contributed by atoms with E-state index in [0.29, 0.717) is 24.3 Å². The fraction of sp³-hybridized carbons (Fsp3) is 0.333. The molecule has 3 rings (SSSR count). The SMILES string of the molecule is Cc1nc2ccc(C3(C(=O)O)CC3)cc2o1. The Labute approximate surface area is 91.9 Å². The van der Waals surface area contributed by atoms with Crippen molar-refractivity contribution in [2.45, 2.75) is 25.2 Å². The van der Waals surface area contributed by atoms with Crippen molar-refractivity contribution in [3.8, 4) is 0 Å². The van der Waals surface area contributed by atoms with Gasteiger partial charge in [-0.15, -0.1) is 0 Å². The van der Waals surface area contributed by atoms with Crippen LogP contribution in [-0.4, -0.2) is 16.1 Å². The topological polar surface area (TPSA) is 63.3 Å². The van der Waals surface area contributed by atoms with Crippen LogP contribution < -0.4 is 0 Å². The Kier molecular flexibility index (Phi) is 1.67. The number of fused-ring (bicyclic) bond motifs is 1. The fourth-order valence-corrected chi connectivity index (χ4v) is 2.09. The van der Waals surface area contributed by atoms with E-state index in [2.05, 4.69) is 4.98 Å². The average Bonchev–Trinajstić information content (AvgIpc) is 2.95. The Morgan fingerprint density at radius 3 is 2.88 bits per heavy atom. The monoisotopic (exact) mass is 217 g/mol. The molecule has 0 radical (unpaired) electrons. The van der Waals surface area contributed by atoms with Crippen LogP contribution >= 0.6 is 0 Å². The highest BCUT2D eigenvalue weighted by Gasteiger charge is 2.51. The van der Waals surface area contributed by atoms with E-state index in [1.165, 1.54) is 0 Å². The van der Waals surface area contributed by atoms with Gasteiger partial charge in [0, 0.05) is 6.92 Å². The number of aromatic nitrogens is 1. The summed E-state index contributed by atoms with van der Waals surface area (Å²) in [7, 11) is 0. The number of carboxylic acid groups (broad SMARTS) is 1. The van der Waals surface area contributed by atoms with E-state index in [4.69, 9.17) is 4.42 Å². The van der Waals surface area contributed by atoms with Crippen molar-refractivity contribution in [3.63, 3.8) is 0 Å². The van der Waals surface area contributed by atoms with E-state index < -0.39 is 11.4 Å². The lowest BCUT2D eigenvalue weighted by Gasteiger charge is -2.08. The molecule has 1 aromatic carbocycles. The van der Waals surface area contributed by atoms with Crippen LogP contribution in [0.15, 0.2) is 22.6 Å². The number of aryl methyl sites for hydroxylation is 1. The first kappa shape index (κ1) is 9.39. The lowest BCUT2D eigenvalue weighted by atomic mass is 9.96. The van der Waals surface area contributed by atoms with Gasteiger partial charge in [0.2, 0.25) is 0 Å². The molecule has 16 heavy (non-hydrogen) atoms. The molecule has 0 unspecified atom stereocenters. The number of aliphatic carboxylic acids is 1. The predicted octanol–water partition coefficient (Wildman–Crippen LogP) is 2.25. The number of benzene rings is 1. The Morgan fingerprint density at radius 2 is 2.25 bits per heavy atom. The molecule has 0 atom stereocenters. The fourth-order valence-electron chi connectivity index (χ4n) is 2.09. The molecule has 0 amide bonds. The molecule has 1 aliphatic carbocycles. The van der Waals surface area contributed by atoms with Gasteiger partial charge in [-0.2, -0.15) is 0 Å². The van der Waals surface area contributed by atoms with Crippen molar-refractivity contribution in [1.29, 1.82) is 0 Å². The first-order chi connectivity index (χ1) is 7.62. The molecule has 1 fully saturated rings. The third kappa shape index (κ3) is 1.16. The van der Waals surface area contributed by atoms with Gasteiger partial charge >= 0.3 is 5.97 Å². The summed E-state index contributed by atoms with van der Waals surface area (Å²) >= 11 is 0. The van der Waals surface area contributed by atoms with Crippen LogP contribution in [0.25, 0.3) is 11.1 Å². The van der Waals surface area contributed by atoms with E-state index in [0.717, 1.165) is 11.1 Å². The minimum absolute atomic E-state index is 0.604. The maximum Gasteiger partial charge on any atom is 0.314 e. The normalized spacial score (nSPS) is 17.6. The minimum Gasteiger partial charge on any atom is -0.481 e. The Balaban J connectivity index is 2.15. The Morgan fingerprint density at radius 1 is 1.50 bits per heavy atom. The van der Waals surface area contributed by atoms with Crippen LogP contribution in [0.5, 0.6) is 0 Å². The zero-order chi connectivity index (χ0) is 11.3. The lowest BCUT2D eigenvalue weighted by Crippen LogP contribution is -2.19. The molecule has 0 aliphatic heterocycles. The van der Waals surface area contributed by atoms with Gasteiger partial charge in [-0.3, -0.25) is 4.79 Å². The second kappa shape index (κ2) is 2.84. The number of hydrogen-bond donors (Lipinski definition) is 1. The van der Waals surface area contributed by atoms with Crippen molar-refractivity contribution in [2.24, 2.45) is 0 Å². The number of carboxylic acids is 1. The Bertz CT molecular complexity index is 581. The summed E-state index contributed by atoms with van der Waals surface area (Å²) in [5.41, 5.74) is 1.60. The van der Waals surface area contributed by atoms with Crippen molar-refractivity contribution in [2.75, 3.05) is 0 Å². The summed E-state index contributed by atoms with van der Waals surface area (Å²) in [5.74, 6) is -0.143. The van der Waals surface area contributed by atoms with E-state index >= 15 is 0 Å². The average molecular weight is 217 g/mol. The van der Waals surface area contributed by atoms with Crippen LogP contribution in [-0.2, 0) is 10.2 Å². The van der Waals surface area contributed by atoms with Crippen LogP contribution in [0, 0.1) is 6.92 Å². The van der Waals surface area contributed by atoms with E-state index in [9.17, 15) is 9.90 Å². The number of rotatable bonds is 2. The summed E-state index contributed by atoms with van der Waals surface area (Å²) in [6, 6.07) is 5.46. The van der Waals surface area contributed by atoms with Gasteiger partial charge in [0.05, 0.1) is 5.41 Å². The quantitative estimate of drug-likeness (QED) is 0.837. The third-order valence-electron chi connectivity index (χ3n) is 3.21. The first-order valence-corrected chi connectivity index (χ1v) is 5.23. The van der Waals surface area contributed by atoms with Gasteiger partial charge in [-0.25, -0.2) is 4.98 Å². The van der Waals surface area contributed by atoms with Crippen molar-refractivity contribution in [1.82, 2.24) is 4.98 Å². The maximum absolute atomic E-state index is 11.2. The molecule has 1 heterocycles. The third-order valence-corrected chi connectivity index (χ3v) is 3.21. The van der Waals surface area contributed by atoms with Gasteiger partial charge in [0.25, 0.3) is 0 Å². The summed E-state index contributed by atoms with van der Waals surface area (Å²) in [6.45, 7) is 1.78. The largest absolute Gasteiger partial charge is 0.481 e. The molecule has 0 spiro atoms. The maximum atomic E-state index is 11.2. The van der Waals surface area contributed by atoms with E-state index in [1.807, 2.05) is 12.1 Å². The predicted molar refractivity (Wildman–Crippen MR) is 57.3 cm³/mol. The standard InChI is InChI=1S/C12H11NO3/c1-7-13-9-3-2-8(6-10(9)16-7)12(4-5-12)11(14)15/h2-3,6H,4-5H2,1H3,(H,14,15). The van der Waals surface area contributed by atoms with Crippen molar-refractivity contribution in [3.05, 3.63) is 29.7 Å². The van der Waals surface area contributed by atoms with Crippen LogP contribution in [0.4, 0.5) is 0 Å². The number of carbonyl (C=O) groups is 1. The zero-order valence-corrected chi connectivity index (χ0v) is 8.86. The van der Waals surface area contributed by atoms with Crippen molar-refractivity contribution < 1.29 is 14.3 Å². The lowest BCUT2D eigenvalue weighted by molar-refractivity contribution is -0.140. The molecule has 0 saturated heterocycles. The first-order valence-electron chi connectivity index (χ1n) is 5.23. The highest BCUT2D eigenvalue weighted by molar-refractivity contribution is 5.86. The van der Waals surface area contributed by atoms with Gasteiger partial charge in [0.1, 0.15) is 5.52 Å². The molecular weight excluding hydrogens is 206 g/mol. The molecule has 0 bridgehead atoms. The molecule has 1 saturated carbocycles. The molecule has 82 valence electrons. The number of oxazole rings is 1. The molecule has 4 nitrogen and oxygen atoms in total. The highest BCUT2D eigenvalue weighted by atomic mass is 16.4. The summed E-state index contributed by atoms with van der Waals surface area (Å²) in [4.78, 5) is 15.4. The molecule has 1 aromatic heterocycles. The van der Waals surface area contributed by atoms with Crippen molar-refractivity contribution >= 4 is 17.1 Å². The summed E-state index contributed by atoms with van der Waals surface area (Å²) in [5, 5.41) is 9.19. The zero-order valence-electron chi connectivity index (χ0n) is 8.86. The van der Waals surface area contributed by atoms with Crippen LogP contribution in [0.3, 0.4) is 0 Å². The van der Waals surface area contributed by atoms with Gasteiger partial charge < -0.3 is 9.52 Å². The number of nitrogens with zero attached hydrogens (tertiary/aromatic N) is 1. The summed E-state index contributed by atoms with van der Waals surface area (Å²) < 4.78 is 5.41. The second-order valence-electron chi connectivity index (χ2n) is 4.30. The van der Waals surface area contributed by atoms with E-state index in [-0.39, 0.29) is 0 Å². The van der Waals surface area contributed by atoms with Crippen LogP contribution in [0.1, 0.15) is 24.3 Å².